The number of aliphatic carboxylic acids is 1. The first kappa shape index (κ1) is 24.8. The van der Waals surface area contributed by atoms with Crippen LogP contribution >= 0.6 is 0 Å². The van der Waals surface area contributed by atoms with Crippen molar-refractivity contribution in [1.82, 2.24) is 10.6 Å². The minimum absolute atomic E-state index is 0.0253. The Morgan fingerprint density at radius 3 is 2.11 bits per heavy atom. The molecule has 3 N–H and O–H groups in total. The predicted octanol–water partition coefficient (Wildman–Crippen LogP) is 4.84. The van der Waals surface area contributed by atoms with Crippen LogP contribution in [0, 0.1) is 5.92 Å². The lowest BCUT2D eigenvalue weighted by molar-refractivity contribution is -0.137. The normalized spacial score (nSPS) is 16.7. The van der Waals surface area contributed by atoms with Crippen molar-refractivity contribution in [1.29, 1.82) is 0 Å². The second-order valence-electron chi connectivity index (χ2n) is 9.60. The first-order valence-electron chi connectivity index (χ1n) is 12.6. The fourth-order valence-electron chi connectivity index (χ4n) is 5.48. The number of ether oxygens (including phenoxy) is 1. The summed E-state index contributed by atoms with van der Waals surface area (Å²) in [7, 11) is 0. The molecule has 7 nitrogen and oxygen atoms in total. The highest BCUT2D eigenvalue weighted by molar-refractivity contribution is 5.80. The fourth-order valence-corrected chi connectivity index (χ4v) is 5.48. The van der Waals surface area contributed by atoms with Crippen LogP contribution in [0.4, 0.5) is 4.79 Å². The van der Waals surface area contributed by atoms with Crippen LogP contribution in [0.1, 0.15) is 68.9 Å². The molecule has 1 saturated carbocycles. The largest absolute Gasteiger partial charge is 0.481 e. The molecule has 2 aromatic rings. The van der Waals surface area contributed by atoms with Crippen LogP contribution in [-0.2, 0) is 14.3 Å². The number of carbonyl (C=O) groups is 3. The summed E-state index contributed by atoms with van der Waals surface area (Å²) in [6.07, 6.45) is 4.07. The zero-order chi connectivity index (χ0) is 24.8. The van der Waals surface area contributed by atoms with Crippen molar-refractivity contribution in [2.24, 2.45) is 5.92 Å². The summed E-state index contributed by atoms with van der Waals surface area (Å²) in [5.74, 6) is -1.00. The van der Waals surface area contributed by atoms with Gasteiger partial charge in [-0.3, -0.25) is 9.59 Å². The maximum absolute atomic E-state index is 12.9. The van der Waals surface area contributed by atoms with Gasteiger partial charge in [0.2, 0.25) is 5.91 Å². The lowest BCUT2D eigenvalue weighted by Crippen LogP contribution is -2.45. The number of amides is 2. The molecule has 4 rings (SSSR count). The van der Waals surface area contributed by atoms with Crippen molar-refractivity contribution >= 4 is 18.0 Å². The minimum atomic E-state index is -0.943. The first-order chi connectivity index (χ1) is 17.0. The van der Waals surface area contributed by atoms with Gasteiger partial charge in [-0.25, -0.2) is 4.79 Å². The van der Waals surface area contributed by atoms with Gasteiger partial charge < -0.3 is 20.5 Å². The van der Waals surface area contributed by atoms with Crippen molar-refractivity contribution in [3.63, 3.8) is 0 Å². The molecule has 0 aliphatic heterocycles. The van der Waals surface area contributed by atoms with Crippen LogP contribution in [0.15, 0.2) is 48.5 Å². The van der Waals surface area contributed by atoms with Crippen LogP contribution in [0.3, 0.4) is 0 Å². The molecule has 2 atom stereocenters. The lowest BCUT2D eigenvalue weighted by atomic mass is 9.95. The van der Waals surface area contributed by atoms with Gasteiger partial charge in [-0.2, -0.15) is 0 Å². The predicted molar refractivity (Wildman–Crippen MR) is 133 cm³/mol. The third-order valence-electron chi connectivity index (χ3n) is 7.30. The Kier molecular flexibility index (Phi) is 8.06. The van der Waals surface area contributed by atoms with Crippen LogP contribution in [0.25, 0.3) is 11.1 Å². The van der Waals surface area contributed by atoms with Crippen molar-refractivity contribution in [2.75, 3.05) is 6.61 Å². The monoisotopic (exact) mass is 478 g/mol. The lowest BCUT2D eigenvalue weighted by Gasteiger charge is -2.25. The van der Waals surface area contributed by atoms with Crippen molar-refractivity contribution < 1.29 is 24.2 Å². The number of hydrogen-bond donors (Lipinski definition) is 3. The van der Waals surface area contributed by atoms with Crippen LogP contribution in [-0.4, -0.2) is 41.8 Å². The summed E-state index contributed by atoms with van der Waals surface area (Å²) in [6, 6.07) is 15.6. The van der Waals surface area contributed by atoms with E-state index in [0.717, 1.165) is 36.8 Å². The molecule has 35 heavy (non-hydrogen) atoms. The molecular formula is C28H34N2O5. The van der Waals surface area contributed by atoms with E-state index in [0.29, 0.717) is 6.42 Å². The molecule has 0 spiro atoms. The smallest absolute Gasteiger partial charge is 0.407 e. The highest BCUT2D eigenvalue weighted by atomic mass is 16.5. The van der Waals surface area contributed by atoms with E-state index in [2.05, 4.69) is 34.9 Å². The van der Waals surface area contributed by atoms with Gasteiger partial charge in [0.05, 0.1) is 6.42 Å². The summed E-state index contributed by atoms with van der Waals surface area (Å²) >= 11 is 0. The summed E-state index contributed by atoms with van der Waals surface area (Å²) in [5.41, 5.74) is 4.64. The van der Waals surface area contributed by atoms with Crippen LogP contribution in [0.5, 0.6) is 0 Å². The van der Waals surface area contributed by atoms with Gasteiger partial charge in [0.25, 0.3) is 0 Å². The fraction of sp³-hybridized carbons (Fsp3) is 0.464. The van der Waals surface area contributed by atoms with Crippen molar-refractivity contribution in [2.45, 2.75) is 69.9 Å². The zero-order valence-electron chi connectivity index (χ0n) is 20.2. The van der Waals surface area contributed by atoms with E-state index in [1.807, 2.05) is 31.2 Å². The van der Waals surface area contributed by atoms with E-state index in [9.17, 15) is 14.4 Å². The highest BCUT2D eigenvalue weighted by Gasteiger charge is 2.32. The Hall–Kier alpha value is -3.35. The number of nitrogens with one attached hydrogen (secondary N) is 2. The maximum atomic E-state index is 12.9. The van der Waals surface area contributed by atoms with E-state index in [1.165, 1.54) is 11.1 Å². The number of fused-ring (bicyclic) bond motifs is 3. The molecule has 2 aromatic carbocycles. The number of benzene rings is 2. The number of hydrogen-bond acceptors (Lipinski definition) is 4. The molecule has 0 saturated heterocycles. The molecule has 0 radical (unpaired) electrons. The molecule has 2 amide bonds. The minimum Gasteiger partial charge on any atom is -0.481 e. The van der Waals surface area contributed by atoms with E-state index in [1.54, 1.807) is 0 Å². The van der Waals surface area contributed by atoms with E-state index >= 15 is 0 Å². The molecule has 186 valence electrons. The van der Waals surface area contributed by atoms with Gasteiger partial charge in [-0.1, -0.05) is 68.3 Å². The Bertz CT molecular complexity index is 1020. The highest BCUT2D eigenvalue weighted by Crippen LogP contribution is 2.44. The molecular weight excluding hydrogens is 444 g/mol. The van der Waals surface area contributed by atoms with E-state index in [4.69, 9.17) is 9.84 Å². The summed E-state index contributed by atoms with van der Waals surface area (Å²) in [6.45, 7) is 2.07. The van der Waals surface area contributed by atoms with Crippen molar-refractivity contribution in [3.8, 4) is 11.1 Å². The number of rotatable bonds is 10. The van der Waals surface area contributed by atoms with Gasteiger partial charge >= 0.3 is 12.1 Å². The summed E-state index contributed by atoms with van der Waals surface area (Å²) < 4.78 is 5.71. The SMILES string of the molecule is CCC(CC(=O)O)NC(=O)CC(NC(=O)OCC1c2ccccc2-c2ccccc21)C1CCCC1. The molecule has 2 aliphatic rings. The number of carboxylic acids is 1. The molecule has 2 unspecified atom stereocenters. The number of carbonyl (C=O) groups excluding carboxylic acids is 2. The summed E-state index contributed by atoms with van der Waals surface area (Å²) in [4.78, 5) is 36.6. The average Bonchev–Trinajstić information content (AvgIpc) is 3.48. The number of carboxylic acid groups (broad SMARTS) is 1. The molecule has 1 fully saturated rings. The molecule has 0 heterocycles. The van der Waals surface area contributed by atoms with E-state index < -0.39 is 18.1 Å². The molecule has 0 bridgehead atoms. The molecule has 0 aromatic heterocycles. The van der Waals surface area contributed by atoms with Crippen LogP contribution in [0.2, 0.25) is 0 Å². The first-order valence-corrected chi connectivity index (χ1v) is 12.6. The number of alkyl carbamates (subject to hydrolysis) is 1. The third kappa shape index (κ3) is 6.02. The zero-order valence-corrected chi connectivity index (χ0v) is 20.2. The Balaban J connectivity index is 1.38. The van der Waals surface area contributed by atoms with Crippen molar-refractivity contribution in [3.05, 3.63) is 59.7 Å². The molecule has 7 heteroatoms. The maximum Gasteiger partial charge on any atom is 0.407 e. The third-order valence-corrected chi connectivity index (χ3v) is 7.30. The summed E-state index contributed by atoms with van der Waals surface area (Å²) in [5, 5.41) is 14.8. The van der Waals surface area contributed by atoms with Gasteiger partial charge in [0, 0.05) is 24.4 Å². The average molecular weight is 479 g/mol. The van der Waals surface area contributed by atoms with Crippen LogP contribution < -0.4 is 10.6 Å². The topological polar surface area (TPSA) is 105 Å². The van der Waals surface area contributed by atoms with Gasteiger partial charge in [0.15, 0.2) is 0 Å². The quantitative estimate of drug-likeness (QED) is 0.453. The standard InChI is InChI=1S/C28H34N2O5/c1-2-19(15-27(32)33)29-26(31)16-25(18-9-3-4-10-18)30-28(34)35-17-24-22-13-7-5-11-20(22)21-12-6-8-14-23(21)24/h5-8,11-14,18-19,24-25H,2-4,9-10,15-17H2,1H3,(H,29,31)(H,30,34)(H,32,33). The Morgan fingerprint density at radius 1 is 0.943 bits per heavy atom. The molecule has 2 aliphatic carbocycles. The Morgan fingerprint density at radius 2 is 1.54 bits per heavy atom. The van der Waals surface area contributed by atoms with Gasteiger partial charge in [-0.15, -0.1) is 0 Å². The second-order valence-corrected chi connectivity index (χ2v) is 9.60. The van der Waals surface area contributed by atoms with Gasteiger partial charge in [-0.05, 0) is 47.4 Å². The second kappa shape index (κ2) is 11.4. The Labute approximate surface area is 206 Å². The van der Waals surface area contributed by atoms with Gasteiger partial charge in [0.1, 0.15) is 6.61 Å². The van der Waals surface area contributed by atoms with E-state index in [-0.39, 0.29) is 43.2 Å².